The Morgan fingerprint density at radius 2 is 2.53 bits per heavy atom. The molecule has 0 amide bonds. The van der Waals surface area contributed by atoms with Crippen LogP contribution in [-0.2, 0) is 6.54 Å². The number of nitrogens with one attached hydrogen (secondary N) is 1. The topological polar surface area (TPSA) is 67.2 Å². The van der Waals surface area contributed by atoms with E-state index in [1.165, 1.54) is 0 Å². The average molecular weight is 276 g/mol. The average Bonchev–Trinajstić information content (AvgIpc) is 2.82. The highest BCUT2D eigenvalue weighted by Crippen LogP contribution is 2.23. The predicted octanol–water partition coefficient (Wildman–Crippen LogP) is 0.806. The van der Waals surface area contributed by atoms with Crippen LogP contribution in [0.3, 0.4) is 0 Å². The van der Waals surface area contributed by atoms with Gasteiger partial charge in [0, 0.05) is 11.8 Å². The van der Waals surface area contributed by atoms with Gasteiger partial charge in [-0.3, -0.25) is 4.79 Å². The molecule has 1 aromatic rings. The third-order valence-corrected chi connectivity index (χ3v) is 4.11. The second-order valence-electron chi connectivity index (χ2n) is 3.83. The molecule has 2 rings (SSSR count). The fourth-order valence-electron chi connectivity index (χ4n) is 1.69. The van der Waals surface area contributed by atoms with Crippen molar-refractivity contribution >= 4 is 29.1 Å². The Kier molecular flexibility index (Phi) is 4.31. The number of aromatic nitrogens is 2. The molecular weight excluding hydrogens is 262 g/mol. The second kappa shape index (κ2) is 5.75. The van der Waals surface area contributed by atoms with Gasteiger partial charge in [-0.2, -0.15) is 16.9 Å². The lowest BCUT2D eigenvalue weighted by atomic mass is 10.2. The fraction of sp³-hybridized carbons (Fsp3) is 0.600. The van der Waals surface area contributed by atoms with E-state index in [1.807, 2.05) is 11.8 Å². The molecule has 1 unspecified atom stereocenters. The highest BCUT2D eigenvalue weighted by molar-refractivity contribution is 7.99. The molecule has 1 aliphatic heterocycles. The van der Waals surface area contributed by atoms with Gasteiger partial charge in [0.15, 0.2) is 0 Å². The molecule has 0 radical (unpaired) electrons. The Labute approximate surface area is 108 Å². The van der Waals surface area contributed by atoms with Gasteiger partial charge < -0.3 is 10.4 Å². The zero-order valence-electron chi connectivity index (χ0n) is 9.23. The summed E-state index contributed by atoms with van der Waals surface area (Å²) in [4.78, 5) is 11.8. The van der Waals surface area contributed by atoms with Crippen molar-refractivity contribution in [2.75, 3.05) is 23.4 Å². The molecule has 1 atom stereocenters. The molecule has 5 nitrogen and oxygen atoms in total. The van der Waals surface area contributed by atoms with Crippen LogP contribution in [0.15, 0.2) is 11.0 Å². The molecule has 1 fully saturated rings. The molecule has 94 valence electrons. The fourth-order valence-corrected chi connectivity index (χ4v) is 3.04. The van der Waals surface area contributed by atoms with Crippen molar-refractivity contribution < 1.29 is 5.11 Å². The maximum Gasteiger partial charge on any atom is 0.287 e. The van der Waals surface area contributed by atoms with E-state index in [0.717, 1.165) is 22.6 Å². The van der Waals surface area contributed by atoms with Gasteiger partial charge in [-0.25, -0.2) is 4.68 Å². The van der Waals surface area contributed by atoms with Gasteiger partial charge in [0.05, 0.1) is 25.0 Å². The van der Waals surface area contributed by atoms with Crippen molar-refractivity contribution in [1.82, 2.24) is 9.78 Å². The third-order valence-electron chi connectivity index (χ3n) is 2.59. The van der Waals surface area contributed by atoms with Crippen LogP contribution in [0.4, 0.5) is 5.69 Å². The number of aliphatic hydroxyl groups is 1. The van der Waals surface area contributed by atoms with E-state index in [1.54, 1.807) is 6.20 Å². The smallest absolute Gasteiger partial charge is 0.287 e. The summed E-state index contributed by atoms with van der Waals surface area (Å²) >= 11 is 7.87. The molecule has 2 N–H and O–H groups in total. The van der Waals surface area contributed by atoms with Crippen molar-refractivity contribution in [1.29, 1.82) is 0 Å². The molecule has 0 aliphatic carbocycles. The lowest BCUT2D eigenvalue weighted by Crippen LogP contribution is -2.27. The molecule has 1 aromatic heterocycles. The van der Waals surface area contributed by atoms with Crippen LogP contribution in [-0.4, -0.2) is 39.0 Å². The van der Waals surface area contributed by atoms with Crippen LogP contribution >= 0.6 is 23.4 Å². The lowest BCUT2D eigenvalue weighted by Gasteiger charge is -2.14. The molecule has 2 heterocycles. The Bertz CT molecular complexity index is 446. The first-order valence-electron chi connectivity index (χ1n) is 5.43. The molecule has 1 aliphatic rings. The minimum atomic E-state index is -0.364. The minimum absolute atomic E-state index is 0.130. The highest BCUT2D eigenvalue weighted by Gasteiger charge is 2.17. The van der Waals surface area contributed by atoms with E-state index >= 15 is 0 Å². The SMILES string of the molecule is O=c1c(Cl)c(NC2CCSC2)cnn1CCO. The monoisotopic (exact) mass is 275 g/mol. The van der Waals surface area contributed by atoms with Crippen LogP contribution in [0.5, 0.6) is 0 Å². The van der Waals surface area contributed by atoms with E-state index in [4.69, 9.17) is 16.7 Å². The van der Waals surface area contributed by atoms with Crippen LogP contribution < -0.4 is 10.9 Å². The summed E-state index contributed by atoms with van der Waals surface area (Å²) in [7, 11) is 0. The summed E-state index contributed by atoms with van der Waals surface area (Å²) in [6.45, 7) is 0.0351. The van der Waals surface area contributed by atoms with Crippen molar-refractivity contribution in [3.63, 3.8) is 0 Å². The van der Waals surface area contributed by atoms with Crippen LogP contribution in [0.2, 0.25) is 5.02 Å². The van der Waals surface area contributed by atoms with Crippen LogP contribution in [0.25, 0.3) is 0 Å². The van der Waals surface area contributed by atoms with Gasteiger partial charge >= 0.3 is 0 Å². The van der Waals surface area contributed by atoms with Gasteiger partial charge in [0.25, 0.3) is 5.56 Å². The molecule has 0 bridgehead atoms. The quantitative estimate of drug-likeness (QED) is 0.851. The number of hydrogen-bond acceptors (Lipinski definition) is 5. The Morgan fingerprint density at radius 1 is 1.71 bits per heavy atom. The summed E-state index contributed by atoms with van der Waals surface area (Å²) in [5.41, 5.74) is 0.217. The normalized spacial score (nSPS) is 19.5. The summed E-state index contributed by atoms with van der Waals surface area (Å²) in [6.07, 6.45) is 2.61. The Balaban J connectivity index is 2.18. The minimum Gasteiger partial charge on any atom is -0.394 e. The van der Waals surface area contributed by atoms with Gasteiger partial charge in [-0.1, -0.05) is 11.6 Å². The number of nitrogens with zero attached hydrogens (tertiary/aromatic N) is 2. The van der Waals surface area contributed by atoms with E-state index in [9.17, 15) is 4.79 Å². The predicted molar refractivity (Wildman–Crippen MR) is 69.9 cm³/mol. The number of halogens is 1. The van der Waals surface area contributed by atoms with Crippen LogP contribution in [0.1, 0.15) is 6.42 Å². The molecule has 0 saturated carbocycles. The van der Waals surface area contributed by atoms with Crippen molar-refractivity contribution in [2.24, 2.45) is 0 Å². The first-order chi connectivity index (χ1) is 8.22. The summed E-state index contributed by atoms with van der Waals surface area (Å²) in [5.74, 6) is 2.15. The van der Waals surface area contributed by atoms with Gasteiger partial charge in [-0.05, 0) is 12.2 Å². The lowest BCUT2D eigenvalue weighted by molar-refractivity contribution is 0.266. The molecule has 17 heavy (non-hydrogen) atoms. The first-order valence-corrected chi connectivity index (χ1v) is 6.96. The molecular formula is C10H14ClN3O2S. The molecule has 0 aromatic carbocycles. The second-order valence-corrected chi connectivity index (χ2v) is 5.36. The van der Waals surface area contributed by atoms with E-state index < -0.39 is 0 Å². The number of aliphatic hydroxyl groups excluding tert-OH is 1. The highest BCUT2D eigenvalue weighted by atomic mass is 35.5. The van der Waals surface area contributed by atoms with E-state index in [0.29, 0.717) is 11.7 Å². The Morgan fingerprint density at radius 3 is 3.18 bits per heavy atom. The maximum atomic E-state index is 11.8. The summed E-state index contributed by atoms with van der Waals surface area (Å²) in [5, 5.41) is 16.1. The summed E-state index contributed by atoms with van der Waals surface area (Å²) in [6, 6.07) is 0.354. The first kappa shape index (κ1) is 12.7. The number of anilines is 1. The largest absolute Gasteiger partial charge is 0.394 e. The van der Waals surface area contributed by atoms with Gasteiger partial charge in [0.2, 0.25) is 0 Å². The van der Waals surface area contributed by atoms with Crippen molar-refractivity contribution in [3.05, 3.63) is 21.6 Å². The number of rotatable bonds is 4. The van der Waals surface area contributed by atoms with E-state index in [-0.39, 0.29) is 23.7 Å². The standard InChI is InChI=1S/C10H14ClN3O2S/c11-9-8(13-7-1-4-17-6-7)5-12-14(2-3-15)10(9)16/h5,7,13,15H,1-4,6H2. The van der Waals surface area contributed by atoms with Gasteiger partial charge in [-0.15, -0.1) is 0 Å². The third kappa shape index (κ3) is 2.94. The molecule has 7 heteroatoms. The summed E-state index contributed by atoms with van der Waals surface area (Å²) < 4.78 is 1.16. The molecule has 0 spiro atoms. The van der Waals surface area contributed by atoms with Crippen LogP contribution in [0, 0.1) is 0 Å². The Hall–Kier alpha value is -0.720. The zero-order valence-corrected chi connectivity index (χ0v) is 10.8. The zero-order chi connectivity index (χ0) is 12.3. The van der Waals surface area contributed by atoms with Crippen molar-refractivity contribution in [3.8, 4) is 0 Å². The van der Waals surface area contributed by atoms with Crippen molar-refractivity contribution in [2.45, 2.75) is 19.0 Å². The number of hydrogen-bond donors (Lipinski definition) is 2. The number of thioether (sulfide) groups is 1. The maximum absolute atomic E-state index is 11.8. The molecule has 1 saturated heterocycles. The van der Waals surface area contributed by atoms with Gasteiger partial charge in [0.1, 0.15) is 5.02 Å². The van der Waals surface area contributed by atoms with E-state index in [2.05, 4.69) is 10.4 Å².